The lowest BCUT2D eigenvalue weighted by Gasteiger charge is -2.14. The molecule has 0 saturated heterocycles. The maximum Gasteiger partial charge on any atom is 0.0628 e. The van der Waals surface area contributed by atoms with Crippen LogP contribution < -0.4 is 11.3 Å². The first-order valence-electron chi connectivity index (χ1n) is 6.46. The van der Waals surface area contributed by atoms with Gasteiger partial charge in [-0.3, -0.25) is 20.6 Å². The Balaban J connectivity index is 2.08. The summed E-state index contributed by atoms with van der Waals surface area (Å²) in [4.78, 5) is 0. The van der Waals surface area contributed by atoms with Gasteiger partial charge in [0.15, 0.2) is 0 Å². The Bertz CT molecular complexity index is 553. The summed E-state index contributed by atoms with van der Waals surface area (Å²) >= 11 is 0. The van der Waals surface area contributed by atoms with Crippen molar-refractivity contribution in [3.63, 3.8) is 0 Å². The van der Waals surface area contributed by atoms with Crippen molar-refractivity contribution in [2.24, 2.45) is 19.9 Å². The van der Waals surface area contributed by atoms with Crippen LogP contribution in [0.1, 0.15) is 35.0 Å². The summed E-state index contributed by atoms with van der Waals surface area (Å²) in [6.07, 6.45) is 5.73. The smallest absolute Gasteiger partial charge is 0.0628 e. The predicted molar refractivity (Wildman–Crippen MR) is 74.3 cm³/mol. The van der Waals surface area contributed by atoms with Crippen LogP contribution in [-0.2, 0) is 20.5 Å². The average molecular weight is 262 g/mol. The molecule has 2 heterocycles. The fraction of sp³-hybridized carbons (Fsp3) is 0.538. The van der Waals surface area contributed by atoms with E-state index in [0.717, 1.165) is 24.1 Å². The minimum Gasteiger partial charge on any atom is -0.275 e. The Hall–Kier alpha value is -1.66. The highest BCUT2D eigenvalue weighted by atomic mass is 15.3. The molecule has 0 aliphatic carbocycles. The SMILES string of the molecule is Cc1nn(C)c(C)c1CCC(NN)c1cnn(C)c1. The zero-order valence-electron chi connectivity index (χ0n) is 12.0. The van der Waals surface area contributed by atoms with Crippen molar-refractivity contribution in [2.75, 3.05) is 0 Å². The molecule has 0 aliphatic heterocycles. The van der Waals surface area contributed by atoms with Crippen LogP contribution in [0.4, 0.5) is 0 Å². The summed E-state index contributed by atoms with van der Waals surface area (Å²) in [5.41, 5.74) is 7.61. The van der Waals surface area contributed by atoms with Gasteiger partial charge >= 0.3 is 0 Å². The number of aryl methyl sites for hydroxylation is 3. The fourth-order valence-electron chi connectivity index (χ4n) is 2.43. The first-order chi connectivity index (χ1) is 9.02. The van der Waals surface area contributed by atoms with E-state index in [9.17, 15) is 0 Å². The minimum absolute atomic E-state index is 0.118. The van der Waals surface area contributed by atoms with Crippen LogP contribution in [0.15, 0.2) is 12.4 Å². The molecule has 19 heavy (non-hydrogen) atoms. The van der Waals surface area contributed by atoms with Crippen molar-refractivity contribution < 1.29 is 0 Å². The Kier molecular flexibility index (Phi) is 4.01. The van der Waals surface area contributed by atoms with Gasteiger partial charge in [-0.1, -0.05) is 0 Å². The number of aromatic nitrogens is 4. The van der Waals surface area contributed by atoms with E-state index in [1.807, 2.05) is 31.2 Å². The summed E-state index contributed by atoms with van der Waals surface area (Å²) < 4.78 is 3.72. The second-order valence-corrected chi connectivity index (χ2v) is 4.98. The molecule has 0 aliphatic rings. The number of nitrogens with two attached hydrogens (primary N) is 1. The van der Waals surface area contributed by atoms with Crippen molar-refractivity contribution in [2.45, 2.75) is 32.7 Å². The third-order valence-corrected chi connectivity index (χ3v) is 3.67. The predicted octanol–water partition coefficient (Wildman–Crippen LogP) is 0.908. The van der Waals surface area contributed by atoms with Gasteiger partial charge in [0, 0.05) is 37.6 Å². The highest BCUT2D eigenvalue weighted by Crippen LogP contribution is 2.21. The van der Waals surface area contributed by atoms with Crippen LogP contribution in [0.3, 0.4) is 0 Å². The van der Waals surface area contributed by atoms with Crippen molar-refractivity contribution in [3.05, 3.63) is 34.9 Å². The number of hydrazine groups is 1. The summed E-state index contributed by atoms with van der Waals surface area (Å²) in [6, 6.07) is 0.118. The van der Waals surface area contributed by atoms with Crippen molar-refractivity contribution in [3.8, 4) is 0 Å². The standard InChI is InChI=1S/C13H22N6/c1-9-12(10(2)19(4)17-9)5-6-13(16-14)11-7-15-18(3)8-11/h7-8,13,16H,5-6,14H2,1-4H3. The van der Waals surface area contributed by atoms with Crippen LogP contribution in [0.2, 0.25) is 0 Å². The van der Waals surface area contributed by atoms with Crippen molar-refractivity contribution in [1.29, 1.82) is 0 Å². The zero-order chi connectivity index (χ0) is 14.0. The lowest BCUT2D eigenvalue weighted by atomic mass is 10.0. The van der Waals surface area contributed by atoms with Crippen molar-refractivity contribution in [1.82, 2.24) is 25.0 Å². The lowest BCUT2D eigenvalue weighted by Crippen LogP contribution is -2.28. The molecule has 0 amide bonds. The average Bonchev–Trinajstić information content (AvgIpc) is 2.89. The first kappa shape index (κ1) is 13.8. The number of rotatable bonds is 5. The van der Waals surface area contributed by atoms with E-state index >= 15 is 0 Å². The van der Waals surface area contributed by atoms with Crippen molar-refractivity contribution >= 4 is 0 Å². The molecule has 0 spiro atoms. The molecular formula is C13H22N6. The van der Waals surface area contributed by atoms with E-state index < -0.39 is 0 Å². The first-order valence-corrected chi connectivity index (χ1v) is 6.46. The van der Waals surface area contributed by atoms with E-state index in [4.69, 9.17) is 5.84 Å². The van der Waals surface area contributed by atoms with E-state index in [2.05, 4.69) is 29.5 Å². The number of nitrogens with zero attached hydrogens (tertiary/aromatic N) is 4. The molecule has 2 aromatic rings. The second-order valence-electron chi connectivity index (χ2n) is 4.98. The minimum atomic E-state index is 0.118. The fourth-order valence-corrected chi connectivity index (χ4v) is 2.43. The van der Waals surface area contributed by atoms with Gasteiger partial charge < -0.3 is 0 Å². The van der Waals surface area contributed by atoms with Gasteiger partial charge in [-0.2, -0.15) is 10.2 Å². The molecule has 1 atom stereocenters. The molecule has 1 unspecified atom stereocenters. The van der Waals surface area contributed by atoms with Crippen LogP contribution in [-0.4, -0.2) is 19.6 Å². The van der Waals surface area contributed by atoms with Crippen LogP contribution >= 0.6 is 0 Å². The topological polar surface area (TPSA) is 73.7 Å². The van der Waals surface area contributed by atoms with Crippen LogP contribution in [0.5, 0.6) is 0 Å². The zero-order valence-corrected chi connectivity index (χ0v) is 12.0. The third-order valence-electron chi connectivity index (χ3n) is 3.67. The quantitative estimate of drug-likeness (QED) is 0.620. The molecule has 0 aromatic carbocycles. The normalized spacial score (nSPS) is 12.9. The van der Waals surface area contributed by atoms with E-state index in [1.165, 1.54) is 11.3 Å². The highest BCUT2D eigenvalue weighted by molar-refractivity contribution is 5.25. The van der Waals surface area contributed by atoms with Gasteiger partial charge in [-0.25, -0.2) is 0 Å². The largest absolute Gasteiger partial charge is 0.275 e. The van der Waals surface area contributed by atoms with E-state index in [1.54, 1.807) is 4.68 Å². The molecule has 2 aromatic heterocycles. The van der Waals surface area contributed by atoms with E-state index in [-0.39, 0.29) is 6.04 Å². The van der Waals surface area contributed by atoms with Gasteiger partial charge in [0.2, 0.25) is 0 Å². The second kappa shape index (κ2) is 5.54. The Labute approximate surface area is 113 Å². The summed E-state index contributed by atoms with van der Waals surface area (Å²) in [7, 11) is 3.89. The maximum atomic E-state index is 5.65. The van der Waals surface area contributed by atoms with Gasteiger partial charge in [-0.15, -0.1) is 0 Å². The Morgan fingerprint density at radius 3 is 2.58 bits per heavy atom. The third kappa shape index (κ3) is 2.85. The molecule has 0 saturated carbocycles. The number of hydrogen-bond acceptors (Lipinski definition) is 4. The van der Waals surface area contributed by atoms with Gasteiger partial charge in [0.05, 0.1) is 11.9 Å². The lowest BCUT2D eigenvalue weighted by molar-refractivity contribution is 0.515. The Morgan fingerprint density at radius 1 is 1.37 bits per heavy atom. The molecule has 104 valence electrons. The molecule has 6 nitrogen and oxygen atoms in total. The van der Waals surface area contributed by atoms with Gasteiger partial charge in [0.25, 0.3) is 0 Å². The van der Waals surface area contributed by atoms with Gasteiger partial charge in [-0.05, 0) is 32.3 Å². The van der Waals surface area contributed by atoms with Crippen LogP contribution in [0.25, 0.3) is 0 Å². The van der Waals surface area contributed by atoms with Crippen LogP contribution in [0, 0.1) is 13.8 Å². The molecule has 0 fully saturated rings. The molecule has 2 rings (SSSR count). The molecule has 0 radical (unpaired) electrons. The molecular weight excluding hydrogens is 240 g/mol. The molecule has 3 N–H and O–H groups in total. The monoisotopic (exact) mass is 262 g/mol. The van der Waals surface area contributed by atoms with Gasteiger partial charge in [0.1, 0.15) is 0 Å². The highest BCUT2D eigenvalue weighted by Gasteiger charge is 2.15. The summed E-state index contributed by atoms with van der Waals surface area (Å²) in [5.74, 6) is 5.65. The van der Waals surface area contributed by atoms with E-state index in [0.29, 0.717) is 0 Å². The summed E-state index contributed by atoms with van der Waals surface area (Å²) in [5, 5.41) is 8.62. The molecule has 6 heteroatoms. The molecule has 0 bridgehead atoms. The number of hydrogen-bond donors (Lipinski definition) is 2. The summed E-state index contributed by atoms with van der Waals surface area (Å²) in [6.45, 7) is 4.15. The Morgan fingerprint density at radius 2 is 2.11 bits per heavy atom. The maximum absolute atomic E-state index is 5.65. The number of nitrogens with one attached hydrogen (secondary N) is 1.